The molecular formula is C18H28N6O2S. The topological polar surface area (TPSA) is 83.4 Å². The largest absolute Gasteiger partial charge is 0.377 e. The Morgan fingerprint density at radius 1 is 1.30 bits per heavy atom. The van der Waals surface area contributed by atoms with Gasteiger partial charge in [0.05, 0.1) is 18.4 Å². The second kappa shape index (κ2) is 7.85. The van der Waals surface area contributed by atoms with E-state index in [2.05, 4.69) is 40.1 Å². The third kappa shape index (κ3) is 4.08. The van der Waals surface area contributed by atoms with Gasteiger partial charge in [-0.3, -0.25) is 0 Å². The molecule has 8 nitrogen and oxygen atoms in total. The zero-order chi connectivity index (χ0) is 19.6. The number of nitrogens with zero attached hydrogens (tertiary/aromatic N) is 5. The van der Waals surface area contributed by atoms with E-state index in [1.54, 1.807) is 6.20 Å². The molecule has 0 bridgehead atoms. The van der Waals surface area contributed by atoms with Crippen LogP contribution in [0.3, 0.4) is 0 Å². The van der Waals surface area contributed by atoms with Gasteiger partial charge in [-0.25, -0.2) is 13.9 Å². The zero-order valence-electron chi connectivity index (χ0n) is 16.4. The van der Waals surface area contributed by atoms with Crippen LogP contribution in [0.5, 0.6) is 0 Å². The maximum Gasteiger partial charge on any atom is 0.308 e. The number of imidazole rings is 1. The van der Waals surface area contributed by atoms with Crippen LogP contribution in [0.25, 0.3) is 0 Å². The van der Waals surface area contributed by atoms with E-state index in [4.69, 9.17) is 0 Å². The SMILES string of the molecule is Cc1cc(NCc2nccn2S(=O)(=O)N(C)C)cnc1N1CCCCC1C. The number of rotatable bonds is 6. The van der Waals surface area contributed by atoms with Crippen LogP contribution in [-0.4, -0.2) is 53.3 Å². The van der Waals surface area contributed by atoms with Crippen LogP contribution in [0.15, 0.2) is 24.7 Å². The summed E-state index contributed by atoms with van der Waals surface area (Å²) in [5.41, 5.74) is 1.95. The molecule has 0 radical (unpaired) electrons. The molecule has 0 aliphatic carbocycles. The van der Waals surface area contributed by atoms with E-state index in [9.17, 15) is 8.42 Å². The Bertz CT molecular complexity index is 893. The van der Waals surface area contributed by atoms with Crippen molar-refractivity contribution >= 4 is 21.7 Å². The molecule has 0 spiro atoms. The van der Waals surface area contributed by atoms with E-state index in [1.165, 1.54) is 54.0 Å². The summed E-state index contributed by atoms with van der Waals surface area (Å²) in [6.45, 7) is 5.64. The minimum absolute atomic E-state index is 0.292. The van der Waals surface area contributed by atoms with Crippen LogP contribution < -0.4 is 10.2 Å². The molecule has 27 heavy (non-hydrogen) atoms. The normalized spacial score (nSPS) is 18.1. The molecule has 0 aromatic carbocycles. The first-order valence-corrected chi connectivity index (χ1v) is 10.6. The van der Waals surface area contributed by atoms with Crippen molar-refractivity contribution in [2.45, 2.75) is 45.7 Å². The number of anilines is 2. The van der Waals surface area contributed by atoms with E-state index < -0.39 is 10.2 Å². The molecule has 1 unspecified atom stereocenters. The molecule has 1 saturated heterocycles. The molecule has 0 amide bonds. The number of pyridine rings is 1. The Hall–Kier alpha value is -2.13. The zero-order valence-corrected chi connectivity index (χ0v) is 17.2. The summed E-state index contributed by atoms with van der Waals surface area (Å²) in [6, 6.07) is 2.56. The molecule has 0 saturated carbocycles. The van der Waals surface area contributed by atoms with Crippen molar-refractivity contribution < 1.29 is 8.42 Å². The van der Waals surface area contributed by atoms with E-state index >= 15 is 0 Å². The highest BCUT2D eigenvalue weighted by molar-refractivity contribution is 7.87. The lowest BCUT2D eigenvalue weighted by Crippen LogP contribution is -2.38. The van der Waals surface area contributed by atoms with Crippen LogP contribution in [0, 0.1) is 6.92 Å². The van der Waals surface area contributed by atoms with Crippen LogP contribution >= 0.6 is 0 Å². The Balaban J connectivity index is 1.73. The lowest BCUT2D eigenvalue weighted by Gasteiger charge is -2.35. The fourth-order valence-corrected chi connectivity index (χ4v) is 4.33. The molecule has 1 aliphatic rings. The van der Waals surface area contributed by atoms with Gasteiger partial charge in [0.15, 0.2) is 0 Å². The number of hydrogen-bond donors (Lipinski definition) is 1. The van der Waals surface area contributed by atoms with Crippen molar-refractivity contribution in [2.24, 2.45) is 0 Å². The van der Waals surface area contributed by atoms with Crippen LogP contribution in [0.1, 0.15) is 37.6 Å². The third-order valence-corrected chi connectivity index (χ3v) is 6.72. The molecule has 9 heteroatoms. The summed E-state index contributed by atoms with van der Waals surface area (Å²) in [6.07, 6.45) is 8.42. The first kappa shape index (κ1) is 19.6. The number of aryl methyl sites for hydroxylation is 1. The van der Waals surface area contributed by atoms with Gasteiger partial charge in [0.25, 0.3) is 0 Å². The maximum absolute atomic E-state index is 12.3. The molecule has 1 atom stereocenters. The Kier molecular flexibility index (Phi) is 5.71. The van der Waals surface area contributed by atoms with E-state index in [-0.39, 0.29) is 0 Å². The predicted octanol–water partition coefficient (Wildman–Crippen LogP) is 2.23. The van der Waals surface area contributed by atoms with E-state index in [1.807, 2.05) is 0 Å². The van der Waals surface area contributed by atoms with Crippen molar-refractivity contribution in [1.82, 2.24) is 18.2 Å². The fraction of sp³-hybridized carbons (Fsp3) is 0.556. The number of aromatic nitrogens is 3. The van der Waals surface area contributed by atoms with E-state index in [0.717, 1.165) is 23.6 Å². The van der Waals surface area contributed by atoms with Gasteiger partial charge in [-0.1, -0.05) is 0 Å². The highest BCUT2D eigenvalue weighted by Gasteiger charge is 2.22. The molecule has 3 heterocycles. The number of hydrogen-bond acceptors (Lipinski definition) is 6. The Morgan fingerprint density at radius 2 is 2.07 bits per heavy atom. The van der Waals surface area contributed by atoms with Gasteiger partial charge >= 0.3 is 10.2 Å². The van der Waals surface area contributed by atoms with Crippen molar-refractivity contribution in [3.63, 3.8) is 0 Å². The van der Waals surface area contributed by atoms with Gasteiger partial charge in [0.1, 0.15) is 11.6 Å². The minimum Gasteiger partial charge on any atom is -0.377 e. The molecule has 2 aromatic heterocycles. The molecule has 1 N–H and O–H groups in total. The predicted molar refractivity (Wildman–Crippen MR) is 107 cm³/mol. The number of nitrogens with one attached hydrogen (secondary N) is 1. The summed E-state index contributed by atoms with van der Waals surface area (Å²) < 4.78 is 27.0. The highest BCUT2D eigenvalue weighted by Crippen LogP contribution is 2.27. The molecule has 148 valence electrons. The average Bonchev–Trinajstić information content (AvgIpc) is 3.10. The summed E-state index contributed by atoms with van der Waals surface area (Å²) in [4.78, 5) is 11.2. The summed E-state index contributed by atoms with van der Waals surface area (Å²) in [7, 11) is -0.579. The van der Waals surface area contributed by atoms with Crippen LogP contribution in [0.4, 0.5) is 11.5 Å². The minimum atomic E-state index is -3.58. The van der Waals surface area contributed by atoms with Crippen molar-refractivity contribution in [3.05, 3.63) is 36.0 Å². The molecule has 1 aliphatic heterocycles. The Morgan fingerprint density at radius 3 is 2.74 bits per heavy atom. The number of piperidine rings is 1. The first-order valence-electron chi connectivity index (χ1n) is 9.23. The van der Waals surface area contributed by atoms with Gasteiger partial charge in [0.2, 0.25) is 0 Å². The van der Waals surface area contributed by atoms with Crippen LogP contribution in [0.2, 0.25) is 0 Å². The van der Waals surface area contributed by atoms with Gasteiger partial charge < -0.3 is 10.2 Å². The van der Waals surface area contributed by atoms with Gasteiger partial charge in [-0.2, -0.15) is 12.7 Å². The lowest BCUT2D eigenvalue weighted by molar-refractivity contribution is 0.480. The smallest absolute Gasteiger partial charge is 0.308 e. The van der Waals surface area contributed by atoms with Gasteiger partial charge in [0, 0.05) is 39.1 Å². The van der Waals surface area contributed by atoms with Crippen molar-refractivity contribution in [1.29, 1.82) is 0 Å². The second-order valence-corrected chi connectivity index (χ2v) is 9.21. The van der Waals surface area contributed by atoms with Crippen LogP contribution in [-0.2, 0) is 16.8 Å². The molecule has 1 fully saturated rings. The molecule has 2 aromatic rings. The molecule has 3 rings (SSSR count). The van der Waals surface area contributed by atoms with E-state index in [0.29, 0.717) is 18.4 Å². The second-order valence-electron chi connectivity index (χ2n) is 7.19. The van der Waals surface area contributed by atoms with Gasteiger partial charge in [-0.15, -0.1) is 0 Å². The monoisotopic (exact) mass is 392 g/mol. The van der Waals surface area contributed by atoms with Crippen molar-refractivity contribution in [3.8, 4) is 0 Å². The van der Waals surface area contributed by atoms with Gasteiger partial charge in [-0.05, 0) is 44.7 Å². The lowest BCUT2D eigenvalue weighted by atomic mass is 10.0. The first-order chi connectivity index (χ1) is 12.8. The summed E-state index contributed by atoms with van der Waals surface area (Å²) >= 11 is 0. The average molecular weight is 393 g/mol. The molecular weight excluding hydrogens is 364 g/mol. The third-order valence-electron chi connectivity index (χ3n) is 4.97. The summed E-state index contributed by atoms with van der Waals surface area (Å²) in [5.74, 6) is 1.46. The van der Waals surface area contributed by atoms with Crippen molar-refractivity contribution in [2.75, 3.05) is 30.9 Å². The standard InChI is InChI=1S/C18H28N6O2S/c1-14-11-16(12-21-18(14)23-9-6-5-7-15(23)2)20-13-17-19-8-10-24(17)27(25,26)22(3)4/h8,10-12,15,20H,5-7,9,13H2,1-4H3. The highest BCUT2D eigenvalue weighted by atomic mass is 32.2. The quantitative estimate of drug-likeness (QED) is 0.812. The fourth-order valence-electron chi connectivity index (χ4n) is 3.39. The maximum atomic E-state index is 12.3. The summed E-state index contributed by atoms with van der Waals surface area (Å²) in [5, 5.41) is 3.23. The Labute approximate surface area is 161 Å².